The van der Waals surface area contributed by atoms with Crippen molar-refractivity contribution in [2.75, 3.05) is 0 Å². The zero-order valence-corrected chi connectivity index (χ0v) is 11.1. The maximum atomic E-state index is 11.1. The first kappa shape index (κ1) is 13.9. The molecular formula is C15H10ClNO3. The Morgan fingerprint density at radius 3 is 2.55 bits per heavy atom. The summed E-state index contributed by atoms with van der Waals surface area (Å²) in [7, 11) is 0. The lowest BCUT2D eigenvalue weighted by molar-refractivity contribution is 0.0694. The molecule has 2 aromatic rings. The first-order chi connectivity index (χ1) is 9.60. The number of benzene rings is 2. The average molecular weight is 288 g/mol. The molecule has 0 aromatic heterocycles. The van der Waals surface area contributed by atoms with Gasteiger partial charge in [-0.05, 0) is 29.8 Å². The molecular weight excluding hydrogens is 278 g/mol. The molecule has 0 fully saturated rings. The van der Waals surface area contributed by atoms with Crippen molar-refractivity contribution in [3.8, 4) is 17.6 Å². The van der Waals surface area contributed by atoms with E-state index >= 15 is 0 Å². The van der Waals surface area contributed by atoms with Gasteiger partial charge in [-0.3, -0.25) is 0 Å². The summed E-state index contributed by atoms with van der Waals surface area (Å²) in [6.07, 6.45) is 0.317. The summed E-state index contributed by atoms with van der Waals surface area (Å²) < 4.78 is 5.54. The molecule has 1 N–H and O–H groups in total. The van der Waals surface area contributed by atoms with Crippen molar-refractivity contribution < 1.29 is 14.6 Å². The molecule has 5 heteroatoms. The summed E-state index contributed by atoms with van der Waals surface area (Å²) in [4.78, 5) is 11.1. The van der Waals surface area contributed by atoms with E-state index < -0.39 is 5.97 Å². The molecule has 0 saturated carbocycles. The lowest BCUT2D eigenvalue weighted by atomic mass is 10.1. The highest BCUT2D eigenvalue weighted by molar-refractivity contribution is 6.30. The van der Waals surface area contributed by atoms with Gasteiger partial charge in [0.05, 0.1) is 12.5 Å². The van der Waals surface area contributed by atoms with Gasteiger partial charge in [-0.1, -0.05) is 23.7 Å². The quantitative estimate of drug-likeness (QED) is 0.926. The van der Waals surface area contributed by atoms with Crippen LogP contribution in [0.1, 0.15) is 15.9 Å². The van der Waals surface area contributed by atoms with E-state index in [4.69, 9.17) is 26.7 Å². The highest BCUT2D eigenvalue weighted by Gasteiger charge is 2.12. The molecule has 0 aliphatic heterocycles. The summed E-state index contributed by atoms with van der Waals surface area (Å²) in [5.74, 6) is -0.424. The van der Waals surface area contributed by atoms with Crippen LogP contribution in [-0.2, 0) is 6.42 Å². The number of aromatic carboxylic acids is 1. The van der Waals surface area contributed by atoms with Crippen LogP contribution in [0, 0.1) is 11.3 Å². The van der Waals surface area contributed by atoms with E-state index in [2.05, 4.69) is 0 Å². The Hall–Kier alpha value is -2.51. The number of ether oxygens (including phenoxy) is 1. The van der Waals surface area contributed by atoms with Crippen molar-refractivity contribution in [1.29, 1.82) is 5.26 Å². The Balaban J connectivity index is 2.27. The number of hydrogen-bond acceptors (Lipinski definition) is 3. The SMILES string of the molecule is N#CCc1ccc(Oc2cc(Cl)ccc2C(=O)O)cc1. The van der Waals surface area contributed by atoms with Crippen LogP contribution in [0.25, 0.3) is 0 Å². The average Bonchev–Trinajstić information content (AvgIpc) is 2.41. The van der Waals surface area contributed by atoms with E-state index in [9.17, 15) is 4.79 Å². The minimum Gasteiger partial charge on any atom is -0.478 e. The Morgan fingerprint density at radius 2 is 1.95 bits per heavy atom. The molecule has 20 heavy (non-hydrogen) atoms. The standard InChI is InChI=1S/C15H10ClNO3/c16-11-3-6-13(15(18)19)14(9-11)20-12-4-1-10(2-5-12)7-8-17/h1-6,9H,7H2,(H,18,19). The second-order valence-corrected chi connectivity index (χ2v) is 4.46. The third kappa shape index (κ3) is 3.28. The Bertz CT molecular complexity index is 675. The van der Waals surface area contributed by atoms with Crippen molar-refractivity contribution in [3.05, 3.63) is 58.6 Å². The van der Waals surface area contributed by atoms with E-state index in [0.717, 1.165) is 5.56 Å². The predicted molar refractivity (Wildman–Crippen MR) is 74.2 cm³/mol. The minimum atomic E-state index is -1.09. The van der Waals surface area contributed by atoms with Crippen LogP contribution in [0.5, 0.6) is 11.5 Å². The predicted octanol–water partition coefficient (Wildman–Crippen LogP) is 3.90. The number of halogens is 1. The Morgan fingerprint density at radius 1 is 1.25 bits per heavy atom. The number of carboxylic acids is 1. The van der Waals surface area contributed by atoms with Crippen LogP contribution in [0.15, 0.2) is 42.5 Å². The molecule has 0 aliphatic carbocycles. The normalized spacial score (nSPS) is 9.80. The van der Waals surface area contributed by atoms with Crippen LogP contribution in [-0.4, -0.2) is 11.1 Å². The van der Waals surface area contributed by atoms with Gasteiger partial charge in [-0.2, -0.15) is 5.26 Å². The van der Waals surface area contributed by atoms with E-state index in [1.54, 1.807) is 24.3 Å². The first-order valence-corrected chi connectivity index (χ1v) is 6.14. The Kier molecular flexibility index (Phi) is 4.24. The summed E-state index contributed by atoms with van der Waals surface area (Å²) in [5.41, 5.74) is 0.903. The third-order valence-electron chi connectivity index (χ3n) is 2.61. The second kappa shape index (κ2) is 6.09. The molecule has 0 bridgehead atoms. The molecule has 100 valence electrons. The number of carboxylic acid groups (broad SMARTS) is 1. The molecule has 4 nitrogen and oxygen atoms in total. The van der Waals surface area contributed by atoms with Crippen LogP contribution in [0.3, 0.4) is 0 Å². The lowest BCUT2D eigenvalue weighted by Gasteiger charge is -2.09. The maximum Gasteiger partial charge on any atom is 0.339 e. The summed E-state index contributed by atoms with van der Waals surface area (Å²) >= 11 is 5.85. The van der Waals surface area contributed by atoms with E-state index in [1.165, 1.54) is 18.2 Å². The molecule has 0 atom stereocenters. The van der Waals surface area contributed by atoms with Gasteiger partial charge >= 0.3 is 5.97 Å². The van der Waals surface area contributed by atoms with E-state index in [0.29, 0.717) is 17.2 Å². The number of rotatable bonds is 4. The van der Waals surface area contributed by atoms with Crippen LogP contribution >= 0.6 is 11.6 Å². The summed E-state index contributed by atoms with van der Waals surface area (Å²) in [6.45, 7) is 0. The molecule has 0 aliphatic rings. The van der Waals surface area contributed by atoms with Gasteiger partial charge < -0.3 is 9.84 Å². The van der Waals surface area contributed by atoms with Gasteiger partial charge in [0.2, 0.25) is 0 Å². The van der Waals surface area contributed by atoms with Crippen LogP contribution in [0.4, 0.5) is 0 Å². The zero-order chi connectivity index (χ0) is 14.5. The first-order valence-electron chi connectivity index (χ1n) is 5.77. The highest BCUT2D eigenvalue weighted by atomic mass is 35.5. The zero-order valence-electron chi connectivity index (χ0n) is 10.3. The van der Waals surface area contributed by atoms with Gasteiger partial charge in [0.1, 0.15) is 17.1 Å². The summed E-state index contributed by atoms with van der Waals surface area (Å²) in [5, 5.41) is 18.1. The van der Waals surface area contributed by atoms with Gasteiger partial charge in [0.15, 0.2) is 0 Å². The van der Waals surface area contributed by atoms with Crippen molar-refractivity contribution >= 4 is 17.6 Å². The van der Waals surface area contributed by atoms with Gasteiger partial charge in [-0.15, -0.1) is 0 Å². The molecule has 0 spiro atoms. The second-order valence-electron chi connectivity index (χ2n) is 4.03. The largest absolute Gasteiger partial charge is 0.478 e. The van der Waals surface area contributed by atoms with Crippen LogP contribution < -0.4 is 4.74 Å². The van der Waals surface area contributed by atoms with Gasteiger partial charge in [0.25, 0.3) is 0 Å². The van der Waals surface area contributed by atoms with Crippen molar-refractivity contribution in [2.45, 2.75) is 6.42 Å². The van der Waals surface area contributed by atoms with Crippen molar-refractivity contribution in [1.82, 2.24) is 0 Å². The molecule has 2 rings (SSSR count). The lowest BCUT2D eigenvalue weighted by Crippen LogP contribution is -1.99. The monoisotopic (exact) mass is 287 g/mol. The van der Waals surface area contributed by atoms with E-state index in [1.807, 2.05) is 6.07 Å². The molecule has 0 heterocycles. The fraction of sp³-hybridized carbons (Fsp3) is 0.0667. The number of carbonyl (C=O) groups is 1. The summed E-state index contributed by atoms with van der Waals surface area (Å²) in [6, 6.07) is 13.3. The molecule has 0 amide bonds. The molecule has 0 unspecified atom stereocenters. The highest BCUT2D eigenvalue weighted by Crippen LogP contribution is 2.28. The maximum absolute atomic E-state index is 11.1. The van der Waals surface area contributed by atoms with Gasteiger partial charge in [-0.25, -0.2) is 4.79 Å². The topological polar surface area (TPSA) is 70.3 Å². The van der Waals surface area contributed by atoms with Crippen LogP contribution in [0.2, 0.25) is 5.02 Å². The fourth-order valence-electron chi connectivity index (χ4n) is 1.65. The van der Waals surface area contributed by atoms with Gasteiger partial charge in [0, 0.05) is 11.1 Å². The minimum absolute atomic E-state index is 0.0375. The smallest absolute Gasteiger partial charge is 0.339 e. The Labute approximate surface area is 120 Å². The fourth-order valence-corrected chi connectivity index (χ4v) is 1.81. The van der Waals surface area contributed by atoms with Crippen molar-refractivity contribution in [2.24, 2.45) is 0 Å². The van der Waals surface area contributed by atoms with E-state index in [-0.39, 0.29) is 11.3 Å². The number of nitriles is 1. The molecule has 0 radical (unpaired) electrons. The number of nitrogens with zero attached hydrogens (tertiary/aromatic N) is 1. The number of hydrogen-bond donors (Lipinski definition) is 1. The molecule has 0 saturated heterocycles. The third-order valence-corrected chi connectivity index (χ3v) is 2.84. The van der Waals surface area contributed by atoms with Crippen molar-refractivity contribution in [3.63, 3.8) is 0 Å². The molecule has 2 aromatic carbocycles.